The molecule has 0 saturated carbocycles. The third-order valence-corrected chi connectivity index (χ3v) is 4.28. The zero-order chi connectivity index (χ0) is 14.7. The van der Waals surface area contributed by atoms with Crippen LogP contribution >= 0.6 is 28.1 Å². The van der Waals surface area contributed by atoms with Crippen LogP contribution in [0.1, 0.15) is 22.3 Å². The fourth-order valence-electron chi connectivity index (χ4n) is 1.88. The van der Waals surface area contributed by atoms with Gasteiger partial charge in [-0.1, -0.05) is 40.3 Å². The Morgan fingerprint density at radius 2 is 1.90 bits per heavy atom. The van der Waals surface area contributed by atoms with Crippen LogP contribution in [0.15, 0.2) is 40.9 Å². The summed E-state index contributed by atoms with van der Waals surface area (Å²) in [6.07, 6.45) is 0. The maximum absolute atomic E-state index is 5.82. The molecular weight excluding hydrogens is 334 g/mol. The van der Waals surface area contributed by atoms with Crippen molar-refractivity contribution in [2.24, 2.45) is 5.73 Å². The van der Waals surface area contributed by atoms with Gasteiger partial charge in [0.15, 0.2) is 0 Å². The van der Waals surface area contributed by atoms with Crippen LogP contribution in [-0.4, -0.2) is 4.99 Å². The molecule has 20 heavy (non-hydrogen) atoms. The van der Waals surface area contributed by atoms with Gasteiger partial charge in [-0.05, 0) is 54.8 Å². The first-order valence-corrected chi connectivity index (χ1v) is 7.46. The number of aryl methyl sites for hydroxylation is 2. The van der Waals surface area contributed by atoms with Crippen molar-refractivity contribution in [1.82, 2.24) is 0 Å². The molecule has 0 saturated heterocycles. The molecule has 2 N–H and O–H groups in total. The minimum absolute atomic E-state index is 0.420. The molecule has 0 unspecified atom stereocenters. The van der Waals surface area contributed by atoms with Crippen molar-refractivity contribution in [2.45, 2.75) is 20.5 Å². The van der Waals surface area contributed by atoms with E-state index in [1.165, 1.54) is 0 Å². The van der Waals surface area contributed by atoms with Crippen molar-refractivity contribution in [3.63, 3.8) is 0 Å². The van der Waals surface area contributed by atoms with Crippen molar-refractivity contribution in [2.75, 3.05) is 0 Å². The van der Waals surface area contributed by atoms with Crippen LogP contribution in [0.25, 0.3) is 0 Å². The zero-order valence-corrected chi connectivity index (χ0v) is 13.8. The van der Waals surface area contributed by atoms with Gasteiger partial charge in [-0.2, -0.15) is 0 Å². The molecule has 4 heteroatoms. The lowest BCUT2D eigenvalue weighted by Gasteiger charge is -2.11. The summed E-state index contributed by atoms with van der Waals surface area (Å²) in [5.74, 6) is 0.864. The van der Waals surface area contributed by atoms with E-state index in [2.05, 4.69) is 15.9 Å². The monoisotopic (exact) mass is 349 g/mol. The van der Waals surface area contributed by atoms with Crippen LogP contribution in [0, 0.1) is 13.8 Å². The maximum atomic E-state index is 5.82. The van der Waals surface area contributed by atoms with Gasteiger partial charge >= 0.3 is 0 Å². The Balaban J connectivity index is 2.10. The highest BCUT2D eigenvalue weighted by molar-refractivity contribution is 9.10. The standard InChI is InChI=1S/C16H16BrNOS/c1-10-7-12(16(18)20)3-4-13(10)9-19-14-5-6-15(17)11(2)8-14/h3-8H,9H2,1-2H3,(H2,18,20). The average molecular weight is 350 g/mol. The summed E-state index contributed by atoms with van der Waals surface area (Å²) in [7, 11) is 0. The van der Waals surface area contributed by atoms with Crippen LogP contribution in [0.3, 0.4) is 0 Å². The second-order valence-corrected chi connectivity index (χ2v) is 6.00. The lowest BCUT2D eigenvalue weighted by atomic mass is 10.1. The van der Waals surface area contributed by atoms with Crippen molar-refractivity contribution < 1.29 is 4.74 Å². The smallest absolute Gasteiger partial charge is 0.120 e. The minimum Gasteiger partial charge on any atom is -0.489 e. The SMILES string of the molecule is Cc1cc(OCc2ccc(C(N)=S)cc2C)ccc1Br. The van der Waals surface area contributed by atoms with E-state index < -0.39 is 0 Å². The lowest BCUT2D eigenvalue weighted by molar-refractivity contribution is 0.305. The Morgan fingerprint density at radius 3 is 2.50 bits per heavy atom. The number of hydrogen-bond donors (Lipinski definition) is 1. The molecule has 0 spiro atoms. The summed E-state index contributed by atoms with van der Waals surface area (Å²) in [6, 6.07) is 11.9. The van der Waals surface area contributed by atoms with E-state index >= 15 is 0 Å². The van der Waals surface area contributed by atoms with Crippen LogP contribution in [0.5, 0.6) is 5.75 Å². The summed E-state index contributed by atoms with van der Waals surface area (Å²) in [5.41, 5.74) is 9.93. The van der Waals surface area contributed by atoms with Gasteiger partial charge in [-0.3, -0.25) is 0 Å². The molecule has 2 rings (SSSR count). The van der Waals surface area contributed by atoms with E-state index in [1.807, 2.05) is 50.2 Å². The first kappa shape index (κ1) is 15.0. The molecule has 0 aliphatic heterocycles. The third-order valence-electron chi connectivity index (χ3n) is 3.15. The average Bonchev–Trinajstić information content (AvgIpc) is 2.41. The molecule has 2 aromatic carbocycles. The van der Waals surface area contributed by atoms with Gasteiger partial charge in [0.25, 0.3) is 0 Å². The number of ether oxygens (including phenoxy) is 1. The van der Waals surface area contributed by atoms with Gasteiger partial charge < -0.3 is 10.5 Å². The van der Waals surface area contributed by atoms with Crippen molar-refractivity contribution in [1.29, 1.82) is 0 Å². The molecule has 0 heterocycles. The fraction of sp³-hybridized carbons (Fsp3) is 0.188. The molecule has 0 aliphatic carbocycles. The Kier molecular flexibility index (Phi) is 4.78. The molecule has 0 bridgehead atoms. The topological polar surface area (TPSA) is 35.2 Å². The van der Waals surface area contributed by atoms with Crippen LogP contribution in [0.4, 0.5) is 0 Å². The van der Waals surface area contributed by atoms with Gasteiger partial charge in [-0.15, -0.1) is 0 Å². The highest BCUT2D eigenvalue weighted by Gasteiger charge is 2.04. The van der Waals surface area contributed by atoms with Crippen LogP contribution < -0.4 is 10.5 Å². The van der Waals surface area contributed by atoms with E-state index in [9.17, 15) is 0 Å². The summed E-state index contributed by atoms with van der Waals surface area (Å²) in [4.78, 5) is 0.420. The summed E-state index contributed by atoms with van der Waals surface area (Å²) in [5, 5.41) is 0. The Bertz CT molecular complexity index is 655. The number of hydrogen-bond acceptors (Lipinski definition) is 2. The van der Waals surface area contributed by atoms with E-state index in [1.54, 1.807) is 0 Å². The molecule has 2 aromatic rings. The predicted molar refractivity (Wildman–Crippen MR) is 90.3 cm³/mol. The molecule has 0 aliphatic rings. The highest BCUT2D eigenvalue weighted by Crippen LogP contribution is 2.23. The second kappa shape index (κ2) is 6.37. The van der Waals surface area contributed by atoms with Gasteiger partial charge in [0.05, 0.1) is 0 Å². The molecule has 0 amide bonds. The quantitative estimate of drug-likeness (QED) is 0.836. The molecule has 0 atom stereocenters. The van der Waals surface area contributed by atoms with E-state index in [-0.39, 0.29) is 0 Å². The zero-order valence-electron chi connectivity index (χ0n) is 11.4. The van der Waals surface area contributed by atoms with Crippen molar-refractivity contribution >= 4 is 33.1 Å². The summed E-state index contributed by atoms with van der Waals surface area (Å²) >= 11 is 8.45. The van der Waals surface area contributed by atoms with Gasteiger partial charge in [0, 0.05) is 10.0 Å². The number of thiocarbonyl (C=S) groups is 1. The molecule has 0 fully saturated rings. The van der Waals surface area contributed by atoms with E-state index in [0.717, 1.165) is 32.5 Å². The van der Waals surface area contributed by atoms with Gasteiger partial charge in [0.1, 0.15) is 17.3 Å². The van der Waals surface area contributed by atoms with Gasteiger partial charge in [-0.25, -0.2) is 0 Å². The Morgan fingerprint density at radius 1 is 1.15 bits per heavy atom. The lowest BCUT2D eigenvalue weighted by Crippen LogP contribution is -2.10. The van der Waals surface area contributed by atoms with Crippen molar-refractivity contribution in [3.05, 3.63) is 63.1 Å². The Labute approximate surface area is 133 Å². The van der Waals surface area contributed by atoms with Crippen LogP contribution in [-0.2, 0) is 6.61 Å². The predicted octanol–water partition coefficient (Wildman–Crippen LogP) is 4.28. The third kappa shape index (κ3) is 3.58. The number of nitrogens with two attached hydrogens (primary N) is 1. The normalized spacial score (nSPS) is 10.3. The van der Waals surface area contributed by atoms with Crippen molar-refractivity contribution in [3.8, 4) is 5.75 Å². The second-order valence-electron chi connectivity index (χ2n) is 4.71. The number of halogens is 1. The minimum atomic E-state index is 0.420. The summed E-state index contributed by atoms with van der Waals surface area (Å²) in [6.45, 7) is 4.61. The van der Waals surface area contributed by atoms with E-state index in [4.69, 9.17) is 22.7 Å². The number of benzene rings is 2. The molecule has 0 aromatic heterocycles. The van der Waals surface area contributed by atoms with Crippen LogP contribution in [0.2, 0.25) is 0 Å². The maximum Gasteiger partial charge on any atom is 0.120 e. The molecule has 104 valence electrons. The largest absolute Gasteiger partial charge is 0.489 e. The number of rotatable bonds is 4. The summed E-state index contributed by atoms with van der Waals surface area (Å²) < 4.78 is 6.91. The van der Waals surface area contributed by atoms with E-state index in [0.29, 0.717) is 11.6 Å². The Hall–Kier alpha value is -1.39. The fourth-order valence-corrected chi connectivity index (χ4v) is 2.25. The molecule has 2 nitrogen and oxygen atoms in total. The first-order valence-electron chi connectivity index (χ1n) is 6.25. The molecular formula is C16H16BrNOS. The first-order chi connectivity index (χ1) is 9.47. The highest BCUT2D eigenvalue weighted by atomic mass is 79.9. The molecule has 0 radical (unpaired) electrons. The van der Waals surface area contributed by atoms with Gasteiger partial charge in [0.2, 0.25) is 0 Å².